The Balaban J connectivity index is 2.23. The Morgan fingerprint density at radius 2 is 2.24 bits per heavy atom. The van der Waals surface area contributed by atoms with Gasteiger partial charge in [0.25, 0.3) is 0 Å². The van der Waals surface area contributed by atoms with Gasteiger partial charge in [0.05, 0.1) is 41.7 Å². The molecule has 0 bridgehead atoms. The first-order valence-electron chi connectivity index (χ1n) is 7.69. The van der Waals surface area contributed by atoms with Crippen LogP contribution >= 0.6 is 15.9 Å². The number of halogens is 1. The van der Waals surface area contributed by atoms with Crippen LogP contribution in [0.2, 0.25) is 0 Å². The first kappa shape index (κ1) is 16.9. The number of hydrogen-bond donors (Lipinski definition) is 1. The van der Waals surface area contributed by atoms with Crippen LogP contribution in [0.25, 0.3) is 0 Å². The average molecular weight is 360 g/mol. The van der Waals surface area contributed by atoms with Gasteiger partial charge in [-0.25, -0.2) is 0 Å². The molecule has 0 aliphatic heterocycles. The molecule has 1 saturated carbocycles. The van der Waals surface area contributed by atoms with Gasteiger partial charge in [-0.1, -0.05) is 6.92 Å². The Morgan fingerprint density at radius 3 is 2.81 bits per heavy atom. The van der Waals surface area contributed by atoms with Crippen molar-refractivity contribution < 1.29 is 9.47 Å². The van der Waals surface area contributed by atoms with Gasteiger partial charge >= 0.3 is 0 Å². The zero-order valence-electron chi connectivity index (χ0n) is 13.1. The molecule has 2 unspecified atom stereocenters. The van der Waals surface area contributed by atoms with Crippen LogP contribution in [-0.2, 0) is 16.0 Å². The summed E-state index contributed by atoms with van der Waals surface area (Å²) in [5, 5.41) is 8.12. The van der Waals surface area contributed by atoms with E-state index in [0.29, 0.717) is 12.5 Å². The van der Waals surface area contributed by atoms with E-state index in [2.05, 4.69) is 33.3 Å². The molecular weight excluding hydrogens is 334 g/mol. The van der Waals surface area contributed by atoms with Crippen molar-refractivity contribution in [2.24, 2.45) is 5.92 Å². The first-order valence-corrected chi connectivity index (χ1v) is 8.48. The molecule has 21 heavy (non-hydrogen) atoms. The molecule has 1 aliphatic carbocycles. The maximum absolute atomic E-state index is 5.82. The number of aromatic nitrogens is 2. The van der Waals surface area contributed by atoms with E-state index in [0.717, 1.165) is 24.0 Å². The van der Waals surface area contributed by atoms with Gasteiger partial charge in [0.2, 0.25) is 0 Å². The molecule has 2 atom stereocenters. The van der Waals surface area contributed by atoms with Crippen molar-refractivity contribution in [2.45, 2.75) is 44.9 Å². The Kier molecular flexibility index (Phi) is 6.67. The van der Waals surface area contributed by atoms with Gasteiger partial charge in [0, 0.05) is 14.2 Å². The quantitative estimate of drug-likeness (QED) is 0.697. The monoisotopic (exact) mass is 359 g/mol. The number of hydrogen-bond acceptors (Lipinski definition) is 4. The largest absolute Gasteiger partial charge is 0.383 e. The van der Waals surface area contributed by atoms with Gasteiger partial charge in [0.15, 0.2) is 0 Å². The minimum absolute atomic E-state index is 0.163. The number of ether oxygens (including phenoxy) is 2. The highest BCUT2D eigenvalue weighted by Crippen LogP contribution is 2.41. The molecule has 0 saturated heterocycles. The maximum Gasteiger partial charge on any atom is 0.0809 e. The van der Waals surface area contributed by atoms with Crippen LogP contribution in [0.3, 0.4) is 0 Å². The van der Waals surface area contributed by atoms with Gasteiger partial charge in [-0.2, -0.15) is 5.10 Å². The second kappa shape index (κ2) is 8.27. The Morgan fingerprint density at radius 1 is 1.48 bits per heavy atom. The summed E-state index contributed by atoms with van der Waals surface area (Å²) in [6, 6.07) is 0.163. The van der Waals surface area contributed by atoms with Crippen LogP contribution in [-0.4, -0.2) is 43.3 Å². The van der Waals surface area contributed by atoms with Crippen LogP contribution in [0.15, 0.2) is 10.7 Å². The van der Waals surface area contributed by atoms with Crippen LogP contribution in [0.1, 0.15) is 37.9 Å². The van der Waals surface area contributed by atoms with Gasteiger partial charge in [-0.15, -0.1) is 0 Å². The van der Waals surface area contributed by atoms with E-state index in [4.69, 9.17) is 9.47 Å². The maximum atomic E-state index is 5.82. The second-order valence-corrected chi connectivity index (χ2v) is 6.42. The molecule has 1 heterocycles. The van der Waals surface area contributed by atoms with Crippen molar-refractivity contribution in [3.05, 3.63) is 16.4 Å². The summed E-state index contributed by atoms with van der Waals surface area (Å²) in [4.78, 5) is 0. The normalized spacial score (nSPS) is 17.9. The summed E-state index contributed by atoms with van der Waals surface area (Å²) < 4.78 is 14.1. The predicted molar refractivity (Wildman–Crippen MR) is 86.4 cm³/mol. The molecule has 1 aromatic heterocycles. The van der Waals surface area contributed by atoms with Crippen molar-refractivity contribution in [1.29, 1.82) is 0 Å². The number of nitrogens with one attached hydrogen (secondary N) is 1. The van der Waals surface area contributed by atoms with Crippen molar-refractivity contribution in [2.75, 3.05) is 27.4 Å². The second-order valence-electron chi connectivity index (χ2n) is 5.56. The molecule has 1 aliphatic rings. The van der Waals surface area contributed by atoms with Gasteiger partial charge < -0.3 is 14.8 Å². The van der Waals surface area contributed by atoms with Crippen LogP contribution in [0.4, 0.5) is 0 Å². The molecule has 0 amide bonds. The fraction of sp³-hybridized carbons (Fsp3) is 0.800. The Labute approximate surface area is 135 Å². The van der Waals surface area contributed by atoms with E-state index in [1.165, 1.54) is 18.5 Å². The minimum Gasteiger partial charge on any atom is -0.383 e. The summed E-state index contributed by atoms with van der Waals surface area (Å²) in [5.74, 6) is 0.655. The highest BCUT2D eigenvalue weighted by molar-refractivity contribution is 9.10. The summed E-state index contributed by atoms with van der Waals surface area (Å²) in [5.41, 5.74) is 1.17. The average Bonchev–Trinajstić information content (AvgIpc) is 3.25. The Bertz CT molecular complexity index is 435. The van der Waals surface area contributed by atoms with E-state index < -0.39 is 0 Å². The molecule has 5 nitrogen and oxygen atoms in total. The lowest BCUT2D eigenvalue weighted by atomic mass is 10.0. The molecular formula is C15H26BrN3O2. The molecule has 1 fully saturated rings. The molecule has 0 aromatic carbocycles. The molecule has 0 radical (unpaired) electrons. The van der Waals surface area contributed by atoms with Gasteiger partial charge in [-0.05, 0) is 47.7 Å². The lowest BCUT2D eigenvalue weighted by molar-refractivity contribution is 0.0471. The van der Waals surface area contributed by atoms with Gasteiger partial charge in [0.1, 0.15) is 0 Å². The third-order valence-corrected chi connectivity index (χ3v) is 4.55. The van der Waals surface area contributed by atoms with E-state index >= 15 is 0 Å². The van der Waals surface area contributed by atoms with E-state index in [9.17, 15) is 0 Å². The highest BCUT2D eigenvalue weighted by atomic mass is 79.9. The molecule has 1 N–H and O–H groups in total. The summed E-state index contributed by atoms with van der Waals surface area (Å²) >= 11 is 3.65. The smallest absolute Gasteiger partial charge is 0.0809 e. The minimum atomic E-state index is 0.163. The molecule has 6 heteroatoms. The predicted octanol–water partition coefficient (Wildman–Crippen LogP) is 2.76. The van der Waals surface area contributed by atoms with Crippen molar-refractivity contribution in [1.82, 2.24) is 15.1 Å². The molecule has 120 valence electrons. The zero-order valence-corrected chi connectivity index (χ0v) is 14.7. The summed E-state index contributed by atoms with van der Waals surface area (Å²) in [7, 11) is 3.53. The van der Waals surface area contributed by atoms with Crippen LogP contribution in [0, 0.1) is 5.92 Å². The van der Waals surface area contributed by atoms with Crippen LogP contribution < -0.4 is 5.32 Å². The van der Waals surface area contributed by atoms with Crippen molar-refractivity contribution in [3.63, 3.8) is 0 Å². The first-order chi connectivity index (χ1) is 10.2. The Hall–Kier alpha value is -0.430. The van der Waals surface area contributed by atoms with Gasteiger partial charge in [-0.3, -0.25) is 4.68 Å². The number of nitrogens with zero attached hydrogens (tertiary/aromatic N) is 2. The fourth-order valence-corrected chi connectivity index (χ4v) is 3.27. The summed E-state index contributed by atoms with van der Waals surface area (Å²) in [6.45, 7) is 4.56. The summed E-state index contributed by atoms with van der Waals surface area (Å²) in [6.07, 6.45) is 5.68. The molecule has 1 aromatic rings. The molecule has 0 spiro atoms. The zero-order chi connectivity index (χ0) is 15.2. The number of methoxy groups -OCH3 is 2. The standard InChI is InChI=1S/C15H26BrN3O2/c1-4-7-17-13(15(21-3)11-5-6-11)14-12(16)10-18-19(14)8-9-20-2/h10-11,13,15,17H,4-9H2,1-3H3. The van der Waals surface area contributed by atoms with E-state index in [1.54, 1.807) is 7.11 Å². The van der Waals surface area contributed by atoms with Crippen molar-refractivity contribution >= 4 is 15.9 Å². The third-order valence-electron chi connectivity index (χ3n) is 3.94. The fourth-order valence-electron chi connectivity index (χ4n) is 2.73. The van der Waals surface area contributed by atoms with Crippen molar-refractivity contribution in [3.8, 4) is 0 Å². The topological polar surface area (TPSA) is 48.3 Å². The third kappa shape index (κ3) is 4.28. The lowest BCUT2D eigenvalue weighted by Gasteiger charge is -2.28. The highest BCUT2D eigenvalue weighted by Gasteiger charge is 2.39. The SMILES string of the molecule is CCCNC(c1c(Br)cnn1CCOC)C(OC)C1CC1. The van der Waals surface area contributed by atoms with Crippen LogP contribution in [0.5, 0.6) is 0 Å². The molecule has 2 rings (SSSR count). The van der Waals surface area contributed by atoms with E-state index in [1.807, 2.05) is 18.0 Å². The number of rotatable bonds is 10. The van der Waals surface area contributed by atoms with E-state index in [-0.39, 0.29) is 12.1 Å². The lowest BCUT2D eigenvalue weighted by Crippen LogP contribution is -2.37.